The number of benzene rings is 1. The molecule has 3 heteroatoms. The molecule has 1 aromatic carbocycles. The monoisotopic (exact) mass is 277 g/mol. The second-order valence-corrected chi connectivity index (χ2v) is 5.46. The van der Waals surface area contributed by atoms with Crippen molar-refractivity contribution in [3.8, 4) is 0 Å². The Balaban J connectivity index is 2.33. The lowest BCUT2D eigenvalue weighted by atomic mass is 10.1. The Labute approximate surface area is 124 Å². The number of unbranched alkanes of at least 4 members (excludes halogenated alkanes) is 4. The van der Waals surface area contributed by atoms with E-state index in [4.69, 9.17) is 11.5 Å². The van der Waals surface area contributed by atoms with Crippen LogP contribution in [0.3, 0.4) is 0 Å². The normalized spacial score (nSPS) is 11.2. The summed E-state index contributed by atoms with van der Waals surface area (Å²) in [6, 6.07) is 10.8. The van der Waals surface area contributed by atoms with E-state index in [1.165, 1.54) is 44.3 Å². The Hall–Kier alpha value is -0.900. The molecule has 0 saturated heterocycles. The first-order chi connectivity index (χ1) is 9.86. The SMILES string of the molecule is NCCCCCN(CCCCCN)Cc1ccccc1. The summed E-state index contributed by atoms with van der Waals surface area (Å²) in [6.45, 7) is 5.05. The molecule has 0 radical (unpaired) electrons. The van der Waals surface area contributed by atoms with Crippen molar-refractivity contribution in [1.82, 2.24) is 4.90 Å². The van der Waals surface area contributed by atoms with Gasteiger partial charge in [-0.25, -0.2) is 0 Å². The van der Waals surface area contributed by atoms with Crippen molar-refractivity contribution in [3.63, 3.8) is 0 Å². The summed E-state index contributed by atoms with van der Waals surface area (Å²) >= 11 is 0. The standard InChI is InChI=1S/C17H31N3/c18-12-6-2-8-14-20(15-9-3-7-13-19)16-17-10-4-1-5-11-17/h1,4-5,10-11H,2-3,6-9,12-16,18-19H2. The van der Waals surface area contributed by atoms with E-state index in [0.717, 1.165) is 32.5 Å². The molecule has 20 heavy (non-hydrogen) atoms. The molecule has 0 unspecified atom stereocenters. The molecule has 0 atom stereocenters. The Morgan fingerprint density at radius 2 is 1.25 bits per heavy atom. The Bertz CT molecular complexity index is 301. The van der Waals surface area contributed by atoms with Crippen molar-refractivity contribution < 1.29 is 0 Å². The van der Waals surface area contributed by atoms with E-state index >= 15 is 0 Å². The van der Waals surface area contributed by atoms with E-state index in [0.29, 0.717) is 0 Å². The first kappa shape index (κ1) is 17.2. The zero-order valence-corrected chi connectivity index (χ0v) is 12.8. The van der Waals surface area contributed by atoms with Crippen molar-refractivity contribution in [3.05, 3.63) is 35.9 Å². The molecule has 0 aliphatic carbocycles. The van der Waals surface area contributed by atoms with Gasteiger partial charge in [-0.15, -0.1) is 0 Å². The first-order valence-corrected chi connectivity index (χ1v) is 8.03. The Kier molecular flexibility index (Phi) is 10.2. The van der Waals surface area contributed by atoms with Gasteiger partial charge < -0.3 is 11.5 Å². The Morgan fingerprint density at radius 1 is 0.700 bits per heavy atom. The zero-order valence-electron chi connectivity index (χ0n) is 12.8. The number of hydrogen-bond acceptors (Lipinski definition) is 3. The van der Waals surface area contributed by atoms with E-state index < -0.39 is 0 Å². The molecule has 0 spiro atoms. The highest BCUT2D eigenvalue weighted by Gasteiger charge is 2.05. The van der Waals surface area contributed by atoms with Crippen LogP contribution in [0.1, 0.15) is 44.1 Å². The van der Waals surface area contributed by atoms with Crippen molar-refractivity contribution in [2.75, 3.05) is 26.2 Å². The van der Waals surface area contributed by atoms with Crippen LogP contribution in [0.5, 0.6) is 0 Å². The molecule has 0 fully saturated rings. The molecule has 0 aromatic heterocycles. The molecule has 114 valence electrons. The predicted molar refractivity (Wildman–Crippen MR) is 87.5 cm³/mol. The fraction of sp³-hybridized carbons (Fsp3) is 0.647. The highest BCUT2D eigenvalue weighted by Crippen LogP contribution is 2.08. The third kappa shape index (κ3) is 8.31. The summed E-state index contributed by atoms with van der Waals surface area (Å²) in [7, 11) is 0. The molecule has 1 rings (SSSR count). The molecule has 0 bridgehead atoms. The summed E-state index contributed by atoms with van der Waals surface area (Å²) in [5.41, 5.74) is 12.5. The van der Waals surface area contributed by atoms with Crippen LogP contribution in [0.2, 0.25) is 0 Å². The fourth-order valence-electron chi connectivity index (χ4n) is 2.42. The fourth-order valence-corrected chi connectivity index (χ4v) is 2.42. The van der Waals surface area contributed by atoms with Crippen molar-refractivity contribution in [1.29, 1.82) is 0 Å². The van der Waals surface area contributed by atoms with Gasteiger partial charge in [0.15, 0.2) is 0 Å². The van der Waals surface area contributed by atoms with Crippen molar-refractivity contribution >= 4 is 0 Å². The van der Waals surface area contributed by atoms with Gasteiger partial charge in [-0.05, 0) is 57.4 Å². The third-order valence-corrected chi connectivity index (χ3v) is 3.61. The summed E-state index contributed by atoms with van der Waals surface area (Å²) in [6.07, 6.45) is 7.27. The predicted octanol–water partition coefficient (Wildman–Crippen LogP) is 2.75. The average Bonchev–Trinajstić information content (AvgIpc) is 2.49. The van der Waals surface area contributed by atoms with Crippen LogP contribution in [0.4, 0.5) is 0 Å². The second-order valence-electron chi connectivity index (χ2n) is 5.46. The molecule has 4 N–H and O–H groups in total. The summed E-state index contributed by atoms with van der Waals surface area (Å²) in [5, 5.41) is 0. The van der Waals surface area contributed by atoms with Gasteiger partial charge in [0.05, 0.1) is 0 Å². The second kappa shape index (κ2) is 11.9. The van der Waals surface area contributed by atoms with Crippen LogP contribution in [0.15, 0.2) is 30.3 Å². The molecule has 0 heterocycles. The molecule has 0 aliphatic rings. The lowest BCUT2D eigenvalue weighted by Crippen LogP contribution is -2.26. The number of nitrogens with zero attached hydrogens (tertiary/aromatic N) is 1. The smallest absolute Gasteiger partial charge is 0.0233 e. The molecule has 0 saturated carbocycles. The highest BCUT2D eigenvalue weighted by molar-refractivity contribution is 5.14. The molecule has 3 nitrogen and oxygen atoms in total. The van der Waals surface area contributed by atoms with Crippen molar-refractivity contribution in [2.45, 2.75) is 45.1 Å². The van der Waals surface area contributed by atoms with E-state index in [1.807, 2.05) is 0 Å². The van der Waals surface area contributed by atoms with Gasteiger partial charge in [-0.1, -0.05) is 43.2 Å². The topological polar surface area (TPSA) is 55.3 Å². The number of rotatable bonds is 12. The van der Waals surface area contributed by atoms with Crippen LogP contribution in [0, 0.1) is 0 Å². The van der Waals surface area contributed by atoms with Gasteiger partial charge in [0.2, 0.25) is 0 Å². The van der Waals surface area contributed by atoms with Gasteiger partial charge in [-0.3, -0.25) is 4.90 Å². The van der Waals surface area contributed by atoms with E-state index in [-0.39, 0.29) is 0 Å². The first-order valence-electron chi connectivity index (χ1n) is 8.03. The van der Waals surface area contributed by atoms with Gasteiger partial charge in [0, 0.05) is 6.54 Å². The third-order valence-electron chi connectivity index (χ3n) is 3.61. The average molecular weight is 277 g/mol. The summed E-state index contributed by atoms with van der Waals surface area (Å²) < 4.78 is 0. The maximum atomic E-state index is 5.56. The van der Waals surface area contributed by atoms with Gasteiger partial charge in [0.25, 0.3) is 0 Å². The van der Waals surface area contributed by atoms with Crippen LogP contribution in [-0.2, 0) is 6.54 Å². The molecule has 0 aliphatic heterocycles. The van der Waals surface area contributed by atoms with E-state index in [1.54, 1.807) is 0 Å². The van der Waals surface area contributed by atoms with Crippen LogP contribution >= 0.6 is 0 Å². The zero-order chi connectivity index (χ0) is 14.5. The van der Waals surface area contributed by atoms with Gasteiger partial charge in [-0.2, -0.15) is 0 Å². The molecule has 0 amide bonds. The maximum Gasteiger partial charge on any atom is 0.0233 e. The van der Waals surface area contributed by atoms with Crippen LogP contribution < -0.4 is 11.5 Å². The van der Waals surface area contributed by atoms with E-state index in [2.05, 4.69) is 35.2 Å². The lowest BCUT2D eigenvalue weighted by molar-refractivity contribution is 0.253. The number of nitrogens with two attached hydrogens (primary N) is 2. The molecule has 1 aromatic rings. The van der Waals surface area contributed by atoms with Crippen molar-refractivity contribution in [2.24, 2.45) is 11.5 Å². The van der Waals surface area contributed by atoms with E-state index in [9.17, 15) is 0 Å². The highest BCUT2D eigenvalue weighted by atomic mass is 15.1. The minimum Gasteiger partial charge on any atom is -0.330 e. The quantitative estimate of drug-likeness (QED) is 0.578. The maximum absolute atomic E-state index is 5.56. The summed E-state index contributed by atoms with van der Waals surface area (Å²) in [4.78, 5) is 2.57. The van der Waals surface area contributed by atoms with Crippen LogP contribution in [-0.4, -0.2) is 31.1 Å². The van der Waals surface area contributed by atoms with Crippen LogP contribution in [0.25, 0.3) is 0 Å². The minimum atomic E-state index is 0.815. The Morgan fingerprint density at radius 3 is 1.75 bits per heavy atom. The number of hydrogen-bond donors (Lipinski definition) is 2. The molecular weight excluding hydrogens is 246 g/mol. The largest absolute Gasteiger partial charge is 0.330 e. The lowest BCUT2D eigenvalue weighted by Gasteiger charge is -2.22. The minimum absolute atomic E-state index is 0.815. The molecular formula is C17H31N3. The van der Waals surface area contributed by atoms with Gasteiger partial charge >= 0.3 is 0 Å². The van der Waals surface area contributed by atoms with Gasteiger partial charge in [0.1, 0.15) is 0 Å². The summed E-state index contributed by atoms with van der Waals surface area (Å²) in [5.74, 6) is 0.